The fourth-order valence-electron chi connectivity index (χ4n) is 2.68. The molecule has 0 amide bonds. The molecule has 0 aliphatic heterocycles. The van der Waals surface area contributed by atoms with E-state index in [1.165, 1.54) is 22.3 Å². The first-order valence-electron chi connectivity index (χ1n) is 7.89. The molecule has 0 radical (unpaired) electrons. The van der Waals surface area contributed by atoms with Crippen molar-refractivity contribution in [2.75, 3.05) is 20.6 Å². The first-order valence-corrected chi connectivity index (χ1v) is 8.59. The third kappa shape index (κ3) is 6.33. The Morgan fingerprint density at radius 2 is 1.67 bits per heavy atom. The van der Waals surface area contributed by atoms with E-state index in [1.807, 2.05) is 0 Å². The molecule has 2 nitrogen and oxygen atoms in total. The van der Waals surface area contributed by atoms with Crippen LogP contribution in [0.2, 0.25) is 0 Å². The van der Waals surface area contributed by atoms with Gasteiger partial charge in [0.1, 0.15) is 0 Å². The van der Waals surface area contributed by atoms with Crippen molar-refractivity contribution in [3.63, 3.8) is 0 Å². The molecule has 0 heterocycles. The van der Waals surface area contributed by atoms with Crippen LogP contribution in [0.4, 0.5) is 0 Å². The van der Waals surface area contributed by atoms with E-state index in [1.54, 1.807) is 0 Å². The molecule has 1 aromatic carbocycles. The van der Waals surface area contributed by atoms with Crippen LogP contribution in [0.3, 0.4) is 0 Å². The summed E-state index contributed by atoms with van der Waals surface area (Å²) < 4.78 is 2.42. The van der Waals surface area contributed by atoms with Crippen LogP contribution in [0, 0.1) is 0 Å². The van der Waals surface area contributed by atoms with Gasteiger partial charge in [-0.2, -0.15) is 0 Å². The predicted octanol–water partition coefficient (Wildman–Crippen LogP) is -1.97. The topological polar surface area (TPSA) is 6.48 Å². The van der Waals surface area contributed by atoms with Crippen LogP contribution < -0.4 is 24.8 Å². The molecule has 0 saturated heterocycles. The van der Waals surface area contributed by atoms with Gasteiger partial charge in [0.25, 0.3) is 0 Å². The van der Waals surface area contributed by atoms with Crippen molar-refractivity contribution in [2.45, 2.75) is 39.3 Å². The number of allylic oxidation sites excluding steroid dienone is 2. The van der Waals surface area contributed by atoms with E-state index >= 15 is 0 Å². The maximum atomic E-state index is 2.42. The standard InChI is InChI=1S/C19H27N2.2ClH.Ti/c1-19(2,3)20-13-15-9-6-7-11-17(15)18-12-8-10-16(18)14-21(4)5;;;/h6-11H,12-14H2,1-5H3;2*1H;/q-1;;;+3/p-2. The SMILES string of the molecule is CN(C)CC1=C(c2ccccc2C[N]([Ti+2])C(C)(C)C)CC=C1.[Cl-].[Cl-]. The van der Waals surface area contributed by atoms with Gasteiger partial charge in [0, 0.05) is 0 Å². The van der Waals surface area contributed by atoms with E-state index in [4.69, 9.17) is 0 Å². The number of hydrogen-bond donors (Lipinski definition) is 0. The zero-order chi connectivity index (χ0) is 16.3. The van der Waals surface area contributed by atoms with Gasteiger partial charge in [-0.15, -0.1) is 0 Å². The molecule has 0 bridgehead atoms. The predicted molar refractivity (Wildman–Crippen MR) is 91.0 cm³/mol. The Labute approximate surface area is 171 Å². The zero-order valence-electron chi connectivity index (χ0n) is 15.2. The average Bonchev–Trinajstić information content (AvgIpc) is 2.85. The second-order valence-corrected chi connectivity index (χ2v) is 8.11. The number of nitrogens with zero attached hydrogens (tertiary/aromatic N) is 2. The third-order valence-corrected chi connectivity index (χ3v) is 5.29. The molecule has 0 N–H and O–H groups in total. The van der Waals surface area contributed by atoms with Gasteiger partial charge in [-0.3, -0.25) is 0 Å². The van der Waals surface area contributed by atoms with E-state index < -0.39 is 0 Å². The Bertz CT molecular complexity index is 589. The molecule has 0 atom stereocenters. The van der Waals surface area contributed by atoms with E-state index in [-0.39, 0.29) is 30.4 Å². The molecule has 0 unspecified atom stereocenters. The quantitative estimate of drug-likeness (QED) is 0.528. The molecule has 1 aliphatic rings. The van der Waals surface area contributed by atoms with Crippen molar-refractivity contribution < 1.29 is 45.5 Å². The summed E-state index contributed by atoms with van der Waals surface area (Å²) in [6, 6.07) is 8.87. The number of halogens is 2. The van der Waals surface area contributed by atoms with Crippen LogP contribution in [0.1, 0.15) is 38.3 Å². The molecule has 2 rings (SSSR count). The number of benzene rings is 1. The first-order chi connectivity index (χ1) is 10.3. The summed E-state index contributed by atoms with van der Waals surface area (Å²) in [5, 5.41) is 0. The van der Waals surface area contributed by atoms with Crippen molar-refractivity contribution in [3.05, 3.63) is 53.1 Å². The van der Waals surface area contributed by atoms with Crippen LogP contribution in [0.25, 0.3) is 5.57 Å². The van der Waals surface area contributed by atoms with E-state index in [2.05, 4.69) is 100 Å². The van der Waals surface area contributed by atoms with Gasteiger partial charge < -0.3 is 24.8 Å². The van der Waals surface area contributed by atoms with Crippen molar-refractivity contribution in [3.8, 4) is 0 Å². The van der Waals surface area contributed by atoms with Crippen LogP contribution in [0.15, 0.2) is 42.0 Å². The van der Waals surface area contributed by atoms with E-state index in [0.29, 0.717) is 0 Å². The molecule has 5 heteroatoms. The molecule has 0 saturated carbocycles. The molecule has 1 aliphatic carbocycles. The molecule has 24 heavy (non-hydrogen) atoms. The van der Waals surface area contributed by atoms with E-state index in [9.17, 15) is 0 Å². The summed E-state index contributed by atoms with van der Waals surface area (Å²) in [7, 11) is 4.27. The Morgan fingerprint density at radius 3 is 2.25 bits per heavy atom. The summed E-state index contributed by atoms with van der Waals surface area (Å²) in [4.78, 5) is 2.24. The molecule has 0 fully saturated rings. The minimum absolute atomic E-state index is 0. The van der Waals surface area contributed by atoms with Crippen LogP contribution in [-0.2, 0) is 27.2 Å². The van der Waals surface area contributed by atoms with Gasteiger partial charge in [-0.05, 0) is 0 Å². The second-order valence-electron chi connectivity index (χ2n) is 7.26. The van der Waals surface area contributed by atoms with Crippen molar-refractivity contribution in [2.24, 2.45) is 0 Å². The Hall–Kier alpha value is -0.0857. The Morgan fingerprint density at radius 1 is 1.04 bits per heavy atom. The third-order valence-electron chi connectivity index (χ3n) is 4.00. The molecule has 1 aromatic rings. The molecular weight excluding hydrogens is 375 g/mol. The van der Waals surface area contributed by atoms with Gasteiger partial charge >= 0.3 is 148 Å². The normalized spacial score (nSPS) is 14.2. The average molecular weight is 402 g/mol. The van der Waals surface area contributed by atoms with Gasteiger partial charge in [0.15, 0.2) is 0 Å². The van der Waals surface area contributed by atoms with E-state index in [0.717, 1.165) is 19.5 Å². The molecule has 0 spiro atoms. The molecule has 0 aromatic heterocycles. The summed E-state index contributed by atoms with van der Waals surface area (Å²) in [5.74, 6) is 0. The number of rotatable bonds is 5. The summed E-state index contributed by atoms with van der Waals surface area (Å²) in [6.07, 6.45) is 5.64. The van der Waals surface area contributed by atoms with Crippen molar-refractivity contribution >= 4 is 5.57 Å². The van der Waals surface area contributed by atoms with Gasteiger partial charge in [0.2, 0.25) is 0 Å². The molecule has 131 valence electrons. The fraction of sp³-hybridized carbons (Fsp3) is 0.474. The maximum absolute atomic E-state index is 2.42. The van der Waals surface area contributed by atoms with Crippen molar-refractivity contribution in [1.29, 1.82) is 0 Å². The minimum atomic E-state index is 0. The summed E-state index contributed by atoms with van der Waals surface area (Å²) in [6.45, 7) is 8.80. The number of hydrogen-bond acceptors (Lipinski definition) is 2. The number of likely N-dealkylation sites (N-methyl/N-ethyl adjacent to an activating group) is 1. The Kier molecular flexibility index (Phi) is 10.1. The van der Waals surface area contributed by atoms with Crippen LogP contribution in [0.5, 0.6) is 0 Å². The monoisotopic (exact) mass is 401 g/mol. The largest absolute Gasteiger partial charge is 1.00 e. The maximum Gasteiger partial charge on any atom is -1.00 e. The summed E-state index contributed by atoms with van der Waals surface area (Å²) >= 11 is 2.21. The van der Waals surface area contributed by atoms with Gasteiger partial charge in [0.05, 0.1) is 0 Å². The van der Waals surface area contributed by atoms with Crippen LogP contribution in [-0.4, -0.2) is 34.5 Å². The van der Waals surface area contributed by atoms with Gasteiger partial charge in [-0.25, -0.2) is 0 Å². The molecular formula is C19H27Cl2N2Ti. The summed E-state index contributed by atoms with van der Waals surface area (Å²) in [5.41, 5.74) is 5.97. The zero-order valence-corrected chi connectivity index (χ0v) is 18.3. The van der Waals surface area contributed by atoms with Crippen molar-refractivity contribution in [1.82, 2.24) is 8.28 Å². The minimum Gasteiger partial charge on any atom is -1.00 e. The first kappa shape index (κ1) is 23.9. The van der Waals surface area contributed by atoms with Gasteiger partial charge in [-0.1, -0.05) is 0 Å². The smallest absolute Gasteiger partial charge is 1.00 e. The Balaban J connectivity index is 0.00000264. The van der Waals surface area contributed by atoms with Crippen LogP contribution >= 0.6 is 0 Å². The second kappa shape index (κ2) is 10.2. The fourth-order valence-corrected chi connectivity index (χ4v) is 2.95.